The minimum absolute atomic E-state index is 1.06. The van der Waals surface area contributed by atoms with Gasteiger partial charge in [-0.3, -0.25) is 0 Å². The summed E-state index contributed by atoms with van der Waals surface area (Å²) in [6.45, 7) is 0. The van der Waals surface area contributed by atoms with Crippen LogP contribution in [0, 0.1) is 0 Å². The lowest BCUT2D eigenvalue weighted by atomic mass is 10.4. The molecule has 0 aromatic rings. The lowest BCUT2D eigenvalue weighted by Gasteiger charge is -2.25. The van der Waals surface area contributed by atoms with Crippen LogP contribution in [0.5, 0.6) is 0 Å². The fraction of sp³-hybridized carbons (Fsp3) is 0.750. The Morgan fingerprint density at radius 1 is 1.17 bits per heavy atom. The van der Waals surface area contributed by atoms with Crippen LogP contribution in [0.3, 0.4) is 0 Å². The molecule has 0 aliphatic heterocycles. The first-order chi connectivity index (χ1) is 5.79. The van der Waals surface area contributed by atoms with E-state index in [2.05, 4.69) is 6.08 Å². The molecule has 1 rings (SSSR count). The maximum atomic E-state index is 5.35. The molecule has 0 saturated carbocycles. The zero-order valence-corrected chi connectivity index (χ0v) is 8.92. The molecular formula is C8H16O3Si. The zero-order valence-electron chi connectivity index (χ0n) is 7.92. The molecule has 12 heavy (non-hydrogen) atoms. The van der Waals surface area contributed by atoms with Gasteiger partial charge in [0.05, 0.1) is 0 Å². The van der Waals surface area contributed by atoms with Crippen molar-refractivity contribution in [2.45, 2.75) is 19.3 Å². The summed E-state index contributed by atoms with van der Waals surface area (Å²) in [6.07, 6.45) is 5.56. The summed E-state index contributed by atoms with van der Waals surface area (Å²) in [6, 6.07) is 0. The summed E-state index contributed by atoms with van der Waals surface area (Å²) in [4.78, 5) is 0. The third kappa shape index (κ3) is 1.61. The molecule has 0 aromatic heterocycles. The monoisotopic (exact) mass is 188 g/mol. The molecule has 0 saturated heterocycles. The van der Waals surface area contributed by atoms with Crippen molar-refractivity contribution >= 4 is 8.80 Å². The predicted molar refractivity (Wildman–Crippen MR) is 48.7 cm³/mol. The maximum Gasteiger partial charge on any atom is 0.531 e. The van der Waals surface area contributed by atoms with Crippen LogP contribution >= 0.6 is 0 Å². The molecule has 1 aliphatic carbocycles. The minimum Gasteiger partial charge on any atom is -0.374 e. The first-order valence-electron chi connectivity index (χ1n) is 4.14. The molecule has 1 aliphatic rings. The van der Waals surface area contributed by atoms with Gasteiger partial charge in [0, 0.05) is 21.3 Å². The van der Waals surface area contributed by atoms with E-state index in [0.717, 1.165) is 12.8 Å². The molecule has 0 unspecified atom stereocenters. The first-order valence-corrected chi connectivity index (χ1v) is 5.86. The van der Waals surface area contributed by atoms with Crippen molar-refractivity contribution in [3.8, 4) is 0 Å². The van der Waals surface area contributed by atoms with Gasteiger partial charge < -0.3 is 13.3 Å². The molecular weight excluding hydrogens is 172 g/mol. The van der Waals surface area contributed by atoms with Crippen LogP contribution in [0.2, 0.25) is 0 Å². The summed E-state index contributed by atoms with van der Waals surface area (Å²) in [7, 11) is 2.53. The Morgan fingerprint density at radius 3 is 2.08 bits per heavy atom. The number of allylic oxidation sites excluding steroid dienone is 2. The van der Waals surface area contributed by atoms with Gasteiger partial charge in [-0.05, 0) is 24.5 Å². The van der Waals surface area contributed by atoms with Crippen molar-refractivity contribution < 1.29 is 13.3 Å². The van der Waals surface area contributed by atoms with Gasteiger partial charge in [-0.2, -0.15) is 0 Å². The molecule has 70 valence electrons. The molecule has 3 nitrogen and oxygen atoms in total. The fourth-order valence-electron chi connectivity index (χ4n) is 1.59. The van der Waals surface area contributed by atoms with E-state index < -0.39 is 8.80 Å². The molecule has 0 spiro atoms. The highest BCUT2D eigenvalue weighted by molar-refractivity contribution is 6.68. The molecule has 0 aromatic carbocycles. The Balaban J connectivity index is 2.75. The van der Waals surface area contributed by atoms with Gasteiger partial charge >= 0.3 is 8.80 Å². The fourth-order valence-corrected chi connectivity index (χ4v) is 3.76. The second-order valence-corrected chi connectivity index (χ2v) is 5.77. The summed E-state index contributed by atoms with van der Waals surface area (Å²) >= 11 is 0. The molecule has 4 heteroatoms. The lowest BCUT2D eigenvalue weighted by molar-refractivity contribution is 0.133. The van der Waals surface area contributed by atoms with Crippen LogP contribution in [-0.2, 0) is 13.3 Å². The Hall–Kier alpha value is -0.163. The standard InChI is InChI=1S/C8H16O3Si/c1-9-12(10-2,11-3)8-6-4-5-7-8/h6H,4-5,7H2,1-3H3. The number of hydrogen-bond donors (Lipinski definition) is 0. The third-order valence-electron chi connectivity index (χ3n) is 2.24. The summed E-state index contributed by atoms with van der Waals surface area (Å²) in [5.41, 5.74) is 0. The Bertz CT molecular complexity index is 167. The van der Waals surface area contributed by atoms with E-state index in [1.54, 1.807) is 21.3 Å². The van der Waals surface area contributed by atoms with Crippen molar-refractivity contribution in [2.24, 2.45) is 0 Å². The smallest absolute Gasteiger partial charge is 0.374 e. The lowest BCUT2D eigenvalue weighted by Crippen LogP contribution is -2.45. The van der Waals surface area contributed by atoms with Crippen LogP contribution in [-0.4, -0.2) is 30.1 Å². The second-order valence-electron chi connectivity index (χ2n) is 2.79. The van der Waals surface area contributed by atoms with Crippen molar-refractivity contribution in [1.29, 1.82) is 0 Å². The van der Waals surface area contributed by atoms with Gasteiger partial charge in [0.25, 0.3) is 0 Å². The minimum atomic E-state index is -2.42. The van der Waals surface area contributed by atoms with Crippen LogP contribution in [0.15, 0.2) is 11.3 Å². The number of hydrogen-bond acceptors (Lipinski definition) is 3. The van der Waals surface area contributed by atoms with Crippen LogP contribution in [0.4, 0.5) is 0 Å². The second kappa shape index (κ2) is 4.18. The van der Waals surface area contributed by atoms with E-state index in [4.69, 9.17) is 13.3 Å². The van der Waals surface area contributed by atoms with Crippen LogP contribution < -0.4 is 0 Å². The van der Waals surface area contributed by atoms with E-state index in [-0.39, 0.29) is 0 Å². The van der Waals surface area contributed by atoms with E-state index in [0.29, 0.717) is 0 Å². The van der Waals surface area contributed by atoms with Crippen LogP contribution in [0.25, 0.3) is 0 Å². The van der Waals surface area contributed by atoms with Crippen molar-refractivity contribution in [3.63, 3.8) is 0 Å². The van der Waals surface area contributed by atoms with Gasteiger partial charge in [0.1, 0.15) is 0 Å². The Kier molecular flexibility index (Phi) is 3.46. The summed E-state index contributed by atoms with van der Waals surface area (Å²) in [5.74, 6) is 0. The maximum absolute atomic E-state index is 5.35. The SMILES string of the molecule is CO[Si](OC)(OC)C1=CCCC1. The van der Waals surface area contributed by atoms with Crippen molar-refractivity contribution in [2.75, 3.05) is 21.3 Å². The normalized spacial score (nSPS) is 18.1. The zero-order chi connectivity index (χ0) is 9.03. The summed E-state index contributed by atoms with van der Waals surface area (Å²) < 4.78 is 16.0. The Labute approximate surface area is 74.7 Å². The molecule has 0 heterocycles. The summed E-state index contributed by atoms with van der Waals surface area (Å²) in [5, 5.41) is 1.23. The molecule has 0 bridgehead atoms. The Morgan fingerprint density at radius 2 is 1.75 bits per heavy atom. The molecule has 0 radical (unpaired) electrons. The molecule has 0 fully saturated rings. The van der Waals surface area contributed by atoms with Gasteiger partial charge in [-0.25, -0.2) is 0 Å². The van der Waals surface area contributed by atoms with Gasteiger partial charge in [-0.1, -0.05) is 6.08 Å². The third-order valence-corrected chi connectivity index (χ3v) is 5.09. The van der Waals surface area contributed by atoms with E-state index >= 15 is 0 Å². The van der Waals surface area contributed by atoms with Gasteiger partial charge in [0.15, 0.2) is 0 Å². The largest absolute Gasteiger partial charge is 0.531 e. The van der Waals surface area contributed by atoms with Crippen molar-refractivity contribution in [3.05, 3.63) is 11.3 Å². The highest BCUT2D eigenvalue weighted by Crippen LogP contribution is 2.28. The molecule has 0 atom stereocenters. The highest BCUT2D eigenvalue weighted by atomic mass is 28.4. The average molecular weight is 188 g/mol. The predicted octanol–water partition coefficient (Wildman–Crippen LogP) is 1.51. The van der Waals surface area contributed by atoms with E-state index in [1.165, 1.54) is 11.6 Å². The van der Waals surface area contributed by atoms with Crippen molar-refractivity contribution in [1.82, 2.24) is 0 Å². The highest BCUT2D eigenvalue weighted by Gasteiger charge is 2.43. The van der Waals surface area contributed by atoms with E-state index in [9.17, 15) is 0 Å². The molecule has 0 N–H and O–H groups in total. The first kappa shape index (κ1) is 9.92. The average Bonchev–Trinajstić information content (AvgIpc) is 2.62. The quantitative estimate of drug-likeness (QED) is 0.626. The van der Waals surface area contributed by atoms with Gasteiger partial charge in [0.2, 0.25) is 0 Å². The number of rotatable bonds is 4. The van der Waals surface area contributed by atoms with Crippen LogP contribution in [0.1, 0.15) is 19.3 Å². The van der Waals surface area contributed by atoms with E-state index in [1.807, 2.05) is 0 Å². The molecule has 0 amide bonds. The van der Waals surface area contributed by atoms with Gasteiger partial charge in [-0.15, -0.1) is 0 Å². The topological polar surface area (TPSA) is 27.7 Å².